The first-order valence-corrected chi connectivity index (χ1v) is 12.9. The molecule has 0 radical (unpaired) electrons. The van der Waals surface area contributed by atoms with Crippen LogP contribution in [0.15, 0.2) is 61.1 Å². The van der Waals surface area contributed by atoms with E-state index >= 15 is 0 Å². The van der Waals surface area contributed by atoms with E-state index in [1.54, 1.807) is 23.9 Å². The minimum atomic E-state index is -0.782. The number of benzene rings is 2. The van der Waals surface area contributed by atoms with Gasteiger partial charge in [-0.25, -0.2) is 15.0 Å². The van der Waals surface area contributed by atoms with Gasteiger partial charge in [-0.15, -0.1) is 11.3 Å². The molecule has 0 amide bonds. The standard InChI is InChI=1S/C29H31N3O3S/c1-18(2)27-28(20(4)16-35-24-11-9-21(19(3)15-24)10-12-26(33)34)36-29(32-27)23-7-5-22(6-8-23)25-13-14-30-17-31-25/h5-9,11,13-15,17-18,20H,10,12,16H2,1-4H3,(H,33,34). The largest absolute Gasteiger partial charge is 0.493 e. The molecule has 186 valence electrons. The summed E-state index contributed by atoms with van der Waals surface area (Å²) in [6.45, 7) is 9.06. The smallest absolute Gasteiger partial charge is 0.303 e. The van der Waals surface area contributed by atoms with Crippen molar-refractivity contribution in [3.05, 3.63) is 82.8 Å². The van der Waals surface area contributed by atoms with Gasteiger partial charge in [-0.1, -0.05) is 51.1 Å². The van der Waals surface area contributed by atoms with Crippen molar-refractivity contribution < 1.29 is 14.6 Å². The van der Waals surface area contributed by atoms with E-state index in [9.17, 15) is 4.79 Å². The van der Waals surface area contributed by atoms with E-state index in [0.29, 0.717) is 18.9 Å². The zero-order valence-electron chi connectivity index (χ0n) is 21.1. The topological polar surface area (TPSA) is 85.2 Å². The number of carboxylic acid groups (broad SMARTS) is 1. The molecule has 2 aromatic heterocycles. The fraction of sp³-hybridized carbons (Fsp3) is 0.310. The molecule has 0 aliphatic carbocycles. The third kappa shape index (κ3) is 6.15. The Labute approximate surface area is 216 Å². The Morgan fingerprint density at radius 1 is 1.06 bits per heavy atom. The van der Waals surface area contributed by atoms with Crippen molar-refractivity contribution in [2.75, 3.05) is 6.61 Å². The van der Waals surface area contributed by atoms with Crippen molar-refractivity contribution in [3.8, 4) is 27.6 Å². The van der Waals surface area contributed by atoms with Crippen molar-refractivity contribution in [3.63, 3.8) is 0 Å². The van der Waals surface area contributed by atoms with Crippen molar-refractivity contribution in [2.24, 2.45) is 0 Å². The maximum Gasteiger partial charge on any atom is 0.303 e. The molecule has 0 saturated carbocycles. The molecule has 2 heterocycles. The number of nitrogens with zero attached hydrogens (tertiary/aromatic N) is 3. The summed E-state index contributed by atoms with van der Waals surface area (Å²) in [6.07, 6.45) is 3.97. The molecule has 4 aromatic rings. The minimum absolute atomic E-state index is 0.132. The van der Waals surface area contributed by atoms with Crippen LogP contribution in [0.1, 0.15) is 60.7 Å². The molecule has 1 unspecified atom stereocenters. The van der Waals surface area contributed by atoms with Crippen LogP contribution in [0, 0.1) is 6.92 Å². The van der Waals surface area contributed by atoms with Crippen LogP contribution in [0.4, 0.5) is 0 Å². The summed E-state index contributed by atoms with van der Waals surface area (Å²) in [5.41, 5.74) is 6.24. The van der Waals surface area contributed by atoms with Gasteiger partial charge in [0.05, 0.1) is 18.0 Å². The fourth-order valence-corrected chi connectivity index (χ4v) is 5.32. The highest BCUT2D eigenvalue weighted by atomic mass is 32.1. The molecule has 36 heavy (non-hydrogen) atoms. The van der Waals surface area contributed by atoms with E-state index in [-0.39, 0.29) is 12.3 Å². The SMILES string of the molecule is Cc1cc(OCC(C)c2sc(-c3ccc(-c4ccncn4)cc3)nc2C(C)C)ccc1CCC(=O)O. The number of aliphatic carboxylic acids is 1. The predicted octanol–water partition coefficient (Wildman–Crippen LogP) is 6.90. The van der Waals surface area contributed by atoms with Crippen LogP contribution in [0.3, 0.4) is 0 Å². The Morgan fingerprint density at radius 3 is 2.44 bits per heavy atom. The number of ether oxygens (including phenoxy) is 1. The highest BCUT2D eigenvalue weighted by molar-refractivity contribution is 7.15. The van der Waals surface area contributed by atoms with Crippen LogP contribution in [-0.4, -0.2) is 32.6 Å². The van der Waals surface area contributed by atoms with Gasteiger partial charge in [-0.2, -0.15) is 0 Å². The van der Waals surface area contributed by atoms with E-state index < -0.39 is 5.97 Å². The van der Waals surface area contributed by atoms with Crippen LogP contribution >= 0.6 is 11.3 Å². The molecule has 0 fully saturated rings. The van der Waals surface area contributed by atoms with Crippen molar-refractivity contribution in [2.45, 2.75) is 52.4 Å². The van der Waals surface area contributed by atoms with E-state index in [4.69, 9.17) is 14.8 Å². The molecule has 0 spiro atoms. The van der Waals surface area contributed by atoms with Crippen LogP contribution < -0.4 is 4.74 Å². The van der Waals surface area contributed by atoms with Gasteiger partial charge in [0.1, 0.15) is 17.1 Å². The zero-order valence-corrected chi connectivity index (χ0v) is 21.9. The summed E-state index contributed by atoms with van der Waals surface area (Å²) in [4.78, 5) is 25.4. The van der Waals surface area contributed by atoms with Gasteiger partial charge in [0.2, 0.25) is 0 Å². The van der Waals surface area contributed by atoms with Crippen LogP contribution in [0.2, 0.25) is 0 Å². The highest BCUT2D eigenvalue weighted by Gasteiger charge is 2.21. The average molecular weight is 502 g/mol. The van der Waals surface area contributed by atoms with Crippen LogP contribution in [0.25, 0.3) is 21.8 Å². The summed E-state index contributed by atoms with van der Waals surface area (Å²) in [7, 11) is 0. The zero-order chi connectivity index (χ0) is 25.7. The Hall–Kier alpha value is -3.58. The summed E-state index contributed by atoms with van der Waals surface area (Å²) in [6, 6.07) is 16.1. The van der Waals surface area contributed by atoms with Gasteiger partial charge in [-0.05, 0) is 48.6 Å². The summed E-state index contributed by atoms with van der Waals surface area (Å²) in [5, 5.41) is 9.94. The number of rotatable bonds is 10. The molecule has 4 rings (SSSR count). The first-order chi connectivity index (χ1) is 17.3. The third-order valence-electron chi connectivity index (χ3n) is 6.11. The Bertz CT molecular complexity index is 1320. The molecule has 0 saturated heterocycles. The first kappa shape index (κ1) is 25.5. The molecule has 0 bridgehead atoms. The molecule has 0 aliphatic heterocycles. The number of aryl methyl sites for hydroxylation is 2. The quantitative estimate of drug-likeness (QED) is 0.254. The number of thiazole rings is 1. The number of carbonyl (C=O) groups is 1. The minimum Gasteiger partial charge on any atom is -0.493 e. The predicted molar refractivity (Wildman–Crippen MR) is 144 cm³/mol. The number of aromatic nitrogens is 3. The van der Waals surface area contributed by atoms with Gasteiger partial charge in [0.15, 0.2) is 0 Å². The second kappa shape index (κ2) is 11.4. The normalized spacial score (nSPS) is 12.0. The van der Waals surface area contributed by atoms with Gasteiger partial charge < -0.3 is 9.84 Å². The van der Waals surface area contributed by atoms with Crippen LogP contribution in [-0.2, 0) is 11.2 Å². The number of carboxylic acids is 1. The Morgan fingerprint density at radius 2 is 1.81 bits per heavy atom. The summed E-state index contributed by atoms with van der Waals surface area (Å²) in [5.74, 6) is 0.508. The Balaban J connectivity index is 1.48. The third-order valence-corrected chi connectivity index (χ3v) is 7.46. The van der Waals surface area contributed by atoms with E-state index in [2.05, 4.69) is 55.0 Å². The molecular weight excluding hydrogens is 470 g/mol. The van der Waals surface area contributed by atoms with Gasteiger partial charge >= 0.3 is 5.97 Å². The second-order valence-electron chi connectivity index (χ2n) is 9.29. The molecule has 6 nitrogen and oxygen atoms in total. The maximum absolute atomic E-state index is 10.9. The average Bonchev–Trinajstić information content (AvgIpc) is 3.33. The molecule has 1 N–H and O–H groups in total. The van der Waals surface area contributed by atoms with E-state index in [1.807, 2.05) is 31.2 Å². The monoisotopic (exact) mass is 501 g/mol. The van der Waals surface area contributed by atoms with Gasteiger partial charge in [-0.3, -0.25) is 4.79 Å². The summed E-state index contributed by atoms with van der Waals surface area (Å²) >= 11 is 1.73. The first-order valence-electron chi connectivity index (χ1n) is 12.1. The molecule has 0 aliphatic rings. The number of hydrogen-bond acceptors (Lipinski definition) is 6. The second-order valence-corrected chi connectivity index (χ2v) is 10.3. The highest BCUT2D eigenvalue weighted by Crippen LogP contribution is 2.37. The van der Waals surface area contributed by atoms with E-state index in [0.717, 1.165) is 44.4 Å². The lowest BCUT2D eigenvalue weighted by Crippen LogP contribution is -2.08. The molecule has 7 heteroatoms. The summed E-state index contributed by atoms with van der Waals surface area (Å²) < 4.78 is 6.15. The lowest BCUT2D eigenvalue weighted by molar-refractivity contribution is -0.136. The lowest BCUT2D eigenvalue weighted by Gasteiger charge is -2.15. The molecular formula is C29H31N3O3S. The van der Waals surface area contributed by atoms with Gasteiger partial charge in [0.25, 0.3) is 0 Å². The van der Waals surface area contributed by atoms with Crippen molar-refractivity contribution in [1.29, 1.82) is 0 Å². The molecule has 2 aromatic carbocycles. The van der Waals surface area contributed by atoms with Crippen molar-refractivity contribution in [1.82, 2.24) is 15.0 Å². The molecule has 1 atom stereocenters. The fourth-order valence-electron chi connectivity index (χ4n) is 4.06. The van der Waals surface area contributed by atoms with Crippen molar-refractivity contribution >= 4 is 17.3 Å². The van der Waals surface area contributed by atoms with E-state index in [1.165, 1.54) is 4.88 Å². The lowest BCUT2D eigenvalue weighted by atomic mass is 10.0. The number of hydrogen-bond donors (Lipinski definition) is 1. The Kier molecular flexibility index (Phi) is 8.10. The van der Waals surface area contributed by atoms with Gasteiger partial charge in [0, 0.05) is 34.5 Å². The van der Waals surface area contributed by atoms with Crippen LogP contribution in [0.5, 0.6) is 5.75 Å². The maximum atomic E-state index is 10.9.